The van der Waals surface area contributed by atoms with Crippen molar-refractivity contribution in [2.75, 3.05) is 6.61 Å². The predicted octanol–water partition coefficient (Wildman–Crippen LogP) is 4.30. The van der Waals surface area contributed by atoms with E-state index < -0.39 is 17.8 Å². The lowest BCUT2D eigenvalue weighted by molar-refractivity contribution is -0.142. The van der Waals surface area contributed by atoms with Crippen LogP contribution >= 0.6 is 15.9 Å². The Balaban J connectivity index is 2.15. The topological polar surface area (TPSA) is 58.6 Å². The quantitative estimate of drug-likeness (QED) is 0.601. The lowest BCUT2D eigenvalue weighted by atomic mass is 10.1. The minimum Gasteiger partial charge on any atom is -0.481 e. The maximum Gasteiger partial charge on any atom is 0.261 e. The fraction of sp³-hybridized carbons (Fsp3) is 0.364. The van der Waals surface area contributed by atoms with E-state index in [2.05, 4.69) is 21.2 Å². The molecular weight excluding hydrogens is 439 g/mol. The van der Waals surface area contributed by atoms with Gasteiger partial charge in [0, 0.05) is 17.1 Å². The zero-order valence-corrected chi connectivity index (χ0v) is 18.4. The molecule has 1 N–H and O–H groups in total. The van der Waals surface area contributed by atoms with Crippen LogP contribution in [0.1, 0.15) is 32.8 Å². The zero-order chi connectivity index (χ0) is 21.4. The number of nitrogens with zero attached hydrogens (tertiary/aromatic N) is 1. The summed E-state index contributed by atoms with van der Waals surface area (Å²) >= 11 is 3.39. The molecule has 2 amide bonds. The molecule has 0 aromatic heterocycles. The van der Waals surface area contributed by atoms with Crippen molar-refractivity contribution in [3.63, 3.8) is 0 Å². The Hall–Kier alpha value is -2.41. The summed E-state index contributed by atoms with van der Waals surface area (Å²) in [5, 5.41) is 2.90. The molecule has 0 saturated heterocycles. The Morgan fingerprint density at radius 3 is 2.41 bits per heavy atom. The maximum absolute atomic E-state index is 13.8. The molecule has 0 radical (unpaired) electrons. The molecule has 2 rings (SSSR count). The lowest BCUT2D eigenvalue weighted by Gasteiger charge is -2.29. The van der Waals surface area contributed by atoms with Crippen LogP contribution in [0.4, 0.5) is 4.39 Å². The van der Waals surface area contributed by atoms with E-state index in [0.717, 1.165) is 16.5 Å². The summed E-state index contributed by atoms with van der Waals surface area (Å²) in [6.45, 7) is 5.44. The first-order valence-corrected chi connectivity index (χ1v) is 10.3. The number of carbonyl (C=O) groups excluding carboxylic acids is 2. The predicted molar refractivity (Wildman–Crippen MR) is 114 cm³/mol. The third kappa shape index (κ3) is 6.85. The second-order valence-corrected chi connectivity index (χ2v) is 7.78. The Bertz CT molecular complexity index is 829. The minimum atomic E-state index is -0.704. The first-order chi connectivity index (χ1) is 13.8. The van der Waals surface area contributed by atoms with Gasteiger partial charge in [0.05, 0.1) is 0 Å². The average molecular weight is 465 g/mol. The van der Waals surface area contributed by atoms with Gasteiger partial charge in [0.2, 0.25) is 5.91 Å². The van der Waals surface area contributed by atoms with Gasteiger partial charge in [-0.2, -0.15) is 0 Å². The molecule has 0 aliphatic heterocycles. The van der Waals surface area contributed by atoms with E-state index in [-0.39, 0.29) is 30.9 Å². The highest BCUT2D eigenvalue weighted by Gasteiger charge is 2.27. The molecule has 0 bridgehead atoms. The third-order valence-electron chi connectivity index (χ3n) is 4.62. The highest BCUT2D eigenvalue weighted by atomic mass is 79.9. The van der Waals surface area contributed by atoms with E-state index in [0.29, 0.717) is 0 Å². The van der Waals surface area contributed by atoms with Crippen LogP contribution in [-0.4, -0.2) is 35.4 Å². The molecule has 5 nitrogen and oxygen atoms in total. The SMILES string of the molecule is CC[C@H](C)NC(=O)[C@H](C)N(Cc1ccc(Br)cc1)C(=O)COc1ccccc1F. The number of amides is 2. The van der Waals surface area contributed by atoms with Crippen molar-refractivity contribution in [1.29, 1.82) is 0 Å². The van der Waals surface area contributed by atoms with Crippen LogP contribution in [0.2, 0.25) is 0 Å². The van der Waals surface area contributed by atoms with Gasteiger partial charge in [-0.3, -0.25) is 9.59 Å². The summed E-state index contributed by atoms with van der Waals surface area (Å²) in [5.41, 5.74) is 0.871. The highest BCUT2D eigenvalue weighted by molar-refractivity contribution is 9.10. The van der Waals surface area contributed by atoms with Crippen molar-refractivity contribution in [2.45, 2.75) is 45.8 Å². The van der Waals surface area contributed by atoms with Crippen molar-refractivity contribution in [1.82, 2.24) is 10.2 Å². The Kier molecular flexibility index (Phi) is 8.64. The Labute approximate surface area is 179 Å². The number of rotatable bonds is 9. The Morgan fingerprint density at radius 2 is 1.79 bits per heavy atom. The van der Waals surface area contributed by atoms with Crippen molar-refractivity contribution in [3.05, 3.63) is 64.4 Å². The van der Waals surface area contributed by atoms with Gasteiger partial charge in [0.15, 0.2) is 18.2 Å². The molecule has 2 atom stereocenters. The molecule has 0 spiro atoms. The molecule has 7 heteroatoms. The van der Waals surface area contributed by atoms with E-state index in [1.165, 1.54) is 17.0 Å². The summed E-state index contributed by atoms with van der Waals surface area (Å²) in [4.78, 5) is 27.0. The summed E-state index contributed by atoms with van der Waals surface area (Å²) in [5.74, 6) is -1.18. The van der Waals surface area contributed by atoms with Gasteiger partial charge in [-0.15, -0.1) is 0 Å². The van der Waals surface area contributed by atoms with Crippen LogP contribution < -0.4 is 10.1 Å². The summed E-state index contributed by atoms with van der Waals surface area (Å²) in [6, 6.07) is 12.7. The molecular formula is C22H26BrFN2O3. The van der Waals surface area contributed by atoms with Gasteiger partial charge < -0.3 is 15.0 Å². The molecule has 0 aliphatic rings. The molecule has 0 saturated carbocycles. The standard InChI is InChI=1S/C22H26BrFN2O3/c1-4-15(2)25-22(28)16(3)26(13-17-9-11-18(23)12-10-17)21(27)14-29-20-8-6-5-7-19(20)24/h5-12,15-16H,4,13-14H2,1-3H3,(H,25,28)/t15-,16-/m0/s1. The molecule has 0 aliphatic carbocycles. The van der Waals surface area contributed by atoms with Gasteiger partial charge in [-0.1, -0.05) is 47.1 Å². The number of hydrogen-bond acceptors (Lipinski definition) is 3. The molecule has 156 valence electrons. The molecule has 0 unspecified atom stereocenters. The number of carbonyl (C=O) groups is 2. The van der Waals surface area contributed by atoms with E-state index in [1.54, 1.807) is 19.1 Å². The van der Waals surface area contributed by atoms with Crippen LogP contribution in [-0.2, 0) is 16.1 Å². The van der Waals surface area contributed by atoms with Crippen molar-refractivity contribution in [3.8, 4) is 5.75 Å². The van der Waals surface area contributed by atoms with Crippen LogP contribution in [0.25, 0.3) is 0 Å². The van der Waals surface area contributed by atoms with Crippen molar-refractivity contribution < 1.29 is 18.7 Å². The number of benzene rings is 2. The van der Waals surface area contributed by atoms with E-state index in [1.807, 2.05) is 38.1 Å². The van der Waals surface area contributed by atoms with E-state index in [9.17, 15) is 14.0 Å². The van der Waals surface area contributed by atoms with Gasteiger partial charge in [-0.25, -0.2) is 4.39 Å². The first-order valence-electron chi connectivity index (χ1n) is 9.53. The summed E-state index contributed by atoms with van der Waals surface area (Å²) < 4.78 is 20.1. The van der Waals surface area contributed by atoms with Gasteiger partial charge in [0.25, 0.3) is 5.91 Å². The van der Waals surface area contributed by atoms with Crippen LogP contribution in [0.5, 0.6) is 5.75 Å². The van der Waals surface area contributed by atoms with Crippen LogP contribution in [0.3, 0.4) is 0 Å². The molecule has 2 aromatic carbocycles. The molecule has 29 heavy (non-hydrogen) atoms. The minimum absolute atomic E-state index is 0.00107. The van der Waals surface area contributed by atoms with Crippen molar-refractivity contribution in [2.24, 2.45) is 0 Å². The largest absolute Gasteiger partial charge is 0.481 e. The zero-order valence-electron chi connectivity index (χ0n) is 16.8. The smallest absolute Gasteiger partial charge is 0.261 e. The van der Waals surface area contributed by atoms with E-state index in [4.69, 9.17) is 4.74 Å². The third-order valence-corrected chi connectivity index (χ3v) is 5.15. The van der Waals surface area contributed by atoms with Gasteiger partial charge in [-0.05, 0) is 50.1 Å². The number of halogens is 2. The lowest BCUT2D eigenvalue weighted by Crippen LogP contribution is -2.50. The monoisotopic (exact) mass is 464 g/mol. The second-order valence-electron chi connectivity index (χ2n) is 6.86. The second kappa shape index (κ2) is 11.0. The number of hydrogen-bond donors (Lipinski definition) is 1. The number of ether oxygens (including phenoxy) is 1. The first kappa shape index (κ1) is 22.9. The number of para-hydroxylation sites is 1. The summed E-state index contributed by atoms with van der Waals surface area (Å²) in [7, 11) is 0. The normalized spacial score (nSPS) is 12.7. The average Bonchev–Trinajstić information content (AvgIpc) is 2.71. The maximum atomic E-state index is 13.8. The van der Waals surface area contributed by atoms with Gasteiger partial charge >= 0.3 is 0 Å². The number of nitrogens with one attached hydrogen (secondary N) is 1. The van der Waals surface area contributed by atoms with Crippen LogP contribution in [0.15, 0.2) is 53.0 Å². The Morgan fingerprint density at radius 1 is 1.14 bits per heavy atom. The van der Waals surface area contributed by atoms with E-state index >= 15 is 0 Å². The van der Waals surface area contributed by atoms with Crippen molar-refractivity contribution >= 4 is 27.7 Å². The molecule has 0 heterocycles. The highest BCUT2D eigenvalue weighted by Crippen LogP contribution is 2.17. The fourth-order valence-electron chi connectivity index (χ4n) is 2.62. The molecule has 0 fully saturated rings. The van der Waals surface area contributed by atoms with Crippen LogP contribution in [0, 0.1) is 5.82 Å². The summed E-state index contributed by atoms with van der Waals surface area (Å²) in [6.07, 6.45) is 0.787. The molecule has 2 aromatic rings. The fourth-order valence-corrected chi connectivity index (χ4v) is 2.88. The van der Waals surface area contributed by atoms with Gasteiger partial charge in [0.1, 0.15) is 6.04 Å².